The van der Waals surface area contributed by atoms with Gasteiger partial charge in [-0.1, -0.05) is 254 Å². The summed E-state index contributed by atoms with van der Waals surface area (Å²) in [6.07, 6.45) is 19.5. The lowest BCUT2D eigenvalue weighted by molar-refractivity contribution is -0.128. The predicted octanol–water partition coefficient (Wildman–Crippen LogP) is 26.2. The molecule has 6 aliphatic carbocycles. The predicted molar refractivity (Wildman–Crippen MR) is 462 cm³/mol. The van der Waals surface area contributed by atoms with E-state index in [1.807, 2.05) is 67.6 Å². The maximum absolute atomic E-state index is 14.7. The van der Waals surface area contributed by atoms with E-state index in [-0.39, 0.29) is 73.2 Å². The number of allylic oxidation sites excluding steroid dienone is 12. The number of oxime groups is 2. The smallest absolute Gasteiger partial charge is 0.413 e. The number of ketones is 1. The number of carbonyl (C=O) groups is 1. The number of hydrogen-bond acceptors (Lipinski definition) is 10. The first kappa shape index (κ1) is 95.1. The number of fused-ring (bicyclic) bond motifs is 2. The van der Waals surface area contributed by atoms with Crippen LogP contribution in [0.1, 0.15) is 201 Å². The maximum atomic E-state index is 14.7. The van der Waals surface area contributed by atoms with E-state index in [4.69, 9.17) is 17.7 Å². The molecule has 10 atom stereocenters. The molecular formula is C90H139F6N2O8PSi4. The first-order valence-electron chi connectivity index (χ1n) is 40.4. The van der Waals surface area contributed by atoms with Crippen LogP contribution in [0.15, 0.2) is 178 Å². The Kier molecular flexibility index (Phi) is 31.9. The summed E-state index contributed by atoms with van der Waals surface area (Å²) in [5.41, 5.74) is 6.32. The number of hydrogen-bond donors (Lipinski definition) is 0. The minimum Gasteiger partial charge on any atom is -0.413 e. The summed E-state index contributed by atoms with van der Waals surface area (Å²) in [5.74, 6) is 0.989. The third kappa shape index (κ3) is 24.0. The molecule has 0 bridgehead atoms. The van der Waals surface area contributed by atoms with E-state index in [1.165, 1.54) is 28.4 Å². The van der Waals surface area contributed by atoms with Crippen molar-refractivity contribution in [2.45, 2.75) is 310 Å². The second-order valence-electron chi connectivity index (χ2n) is 38.7. The van der Waals surface area contributed by atoms with Gasteiger partial charge in [0, 0.05) is 42.0 Å². The van der Waals surface area contributed by atoms with Crippen LogP contribution in [0.3, 0.4) is 0 Å². The van der Waals surface area contributed by atoms with Gasteiger partial charge in [-0.2, -0.15) is 26.3 Å². The van der Waals surface area contributed by atoms with Crippen LogP contribution in [0.25, 0.3) is 0 Å². The highest BCUT2D eigenvalue weighted by atomic mass is 31.2. The molecule has 0 N–H and O–H groups in total. The Morgan fingerprint density at radius 2 is 0.910 bits per heavy atom. The molecule has 620 valence electrons. The molecule has 0 aliphatic heterocycles. The highest BCUT2D eigenvalue weighted by Crippen LogP contribution is 2.58. The molecule has 0 spiro atoms. The molecule has 0 amide bonds. The van der Waals surface area contributed by atoms with Gasteiger partial charge in [0.05, 0.1) is 24.4 Å². The lowest BCUT2D eigenvalue weighted by Gasteiger charge is -2.45. The molecule has 4 fully saturated rings. The van der Waals surface area contributed by atoms with Gasteiger partial charge in [0.15, 0.2) is 44.7 Å². The van der Waals surface area contributed by atoms with Crippen molar-refractivity contribution < 1.29 is 63.1 Å². The molecule has 2 aromatic rings. The van der Waals surface area contributed by atoms with Gasteiger partial charge in [-0.25, -0.2) is 0 Å². The van der Waals surface area contributed by atoms with Gasteiger partial charge >= 0.3 is 12.4 Å². The van der Waals surface area contributed by atoms with E-state index in [0.717, 1.165) is 124 Å². The molecule has 0 aromatic heterocycles. The van der Waals surface area contributed by atoms with Crippen LogP contribution in [0.4, 0.5) is 26.3 Å². The normalized spacial score (nSPS) is 26.3. The fourth-order valence-electron chi connectivity index (χ4n) is 15.8. The van der Waals surface area contributed by atoms with Crippen molar-refractivity contribution in [2.24, 2.45) is 44.8 Å². The zero-order valence-electron chi connectivity index (χ0n) is 72.5. The first-order valence-corrected chi connectivity index (χ1v) is 54.0. The summed E-state index contributed by atoms with van der Waals surface area (Å²) < 4.78 is 121. The van der Waals surface area contributed by atoms with Gasteiger partial charge < -0.3 is 31.9 Å². The SMILES string of the molecule is C=C1/C(=C\C=C2/CCC[C@]3(C)C([C@H](C)C/C=C/C(=N\OC)C(F)(F)F)=CC[C@@H]23)C[C@@H](O[Si](C)(C)C(C)(C)C)C[C@@H]1O[Si](C)(C)C(C)(C)C.C=C1/C(=C\CP(=O)(c2ccccc2)c2ccccc2)C[C@@H](O[Si](C)(C)C(C)(C)C)C[C@@H]1O[Si](C)(C)C(C)(C)C.CO/N=C(\C=C\C[C@@H](C)C1=CC[C@H]2C(=O)CCC[C@]12C)C(F)(F)F. The number of halogens is 6. The maximum Gasteiger partial charge on any atom is 0.436 e. The zero-order valence-corrected chi connectivity index (χ0v) is 77.4. The summed E-state index contributed by atoms with van der Waals surface area (Å²) in [6.45, 7) is 63.8. The molecule has 10 nitrogen and oxygen atoms in total. The van der Waals surface area contributed by atoms with Crippen molar-refractivity contribution in [3.8, 4) is 0 Å². The van der Waals surface area contributed by atoms with Crippen molar-refractivity contribution in [1.82, 2.24) is 0 Å². The van der Waals surface area contributed by atoms with Crippen molar-refractivity contribution in [1.29, 1.82) is 0 Å². The van der Waals surface area contributed by atoms with E-state index in [9.17, 15) is 35.7 Å². The largest absolute Gasteiger partial charge is 0.436 e. The first-order chi connectivity index (χ1) is 50.9. The second kappa shape index (κ2) is 37.2. The zero-order chi connectivity index (χ0) is 83.7. The molecule has 0 heterocycles. The summed E-state index contributed by atoms with van der Waals surface area (Å²) in [5, 5.41) is 8.40. The van der Waals surface area contributed by atoms with Crippen LogP contribution in [0, 0.1) is 34.5 Å². The van der Waals surface area contributed by atoms with Crippen LogP contribution < -0.4 is 10.6 Å². The molecule has 111 heavy (non-hydrogen) atoms. The lowest BCUT2D eigenvalue weighted by Crippen LogP contribution is -2.49. The van der Waals surface area contributed by atoms with Crippen LogP contribution in [-0.4, -0.2) is 108 Å². The average Bonchev–Trinajstić information content (AvgIpc) is 1.65. The van der Waals surface area contributed by atoms with Crippen LogP contribution in [-0.2, 0) is 36.7 Å². The Labute approximate surface area is 670 Å². The van der Waals surface area contributed by atoms with Crippen molar-refractivity contribution in [3.05, 3.63) is 168 Å². The number of Topliss-reactive ketones (excluding diaryl/α,β-unsaturated/α-hetero) is 1. The Balaban J connectivity index is 0.000000274. The number of carbonyl (C=O) groups excluding carboxylic acids is 1. The molecule has 4 saturated carbocycles. The fraction of sp³-hybridized carbons (Fsp3) is 0.633. The molecule has 0 saturated heterocycles. The summed E-state index contributed by atoms with van der Waals surface area (Å²) in [7, 11) is -8.73. The lowest BCUT2D eigenvalue weighted by atomic mass is 9.62. The minimum atomic E-state index is -4.55. The molecule has 0 radical (unpaired) electrons. The van der Waals surface area contributed by atoms with Gasteiger partial charge in [-0.05, 0) is 206 Å². The van der Waals surface area contributed by atoms with Gasteiger partial charge in [0.25, 0.3) is 0 Å². The molecule has 2 aromatic carbocycles. The van der Waals surface area contributed by atoms with Gasteiger partial charge in [0.1, 0.15) is 27.1 Å². The third-order valence-corrected chi connectivity index (χ3v) is 47.6. The van der Waals surface area contributed by atoms with Crippen LogP contribution in [0.5, 0.6) is 0 Å². The monoisotopic (exact) mass is 1630 g/mol. The summed E-state index contributed by atoms with van der Waals surface area (Å²) >= 11 is 0. The Morgan fingerprint density at radius 3 is 1.30 bits per heavy atom. The van der Waals surface area contributed by atoms with Gasteiger partial charge in [0.2, 0.25) is 0 Å². The molecular weight excluding hydrogens is 1490 g/mol. The number of benzene rings is 2. The summed E-state index contributed by atoms with van der Waals surface area (Å²) in [6, 6.07) is 19.8. The summed E-state index contributed by atoms with van der Waals surface area (Å²) in [4.78, 5) is 20.8. The number of rotatable bonds is 23. The molecule has 8 rings (SSSR count). The molecule has 0 unspecified atom stereocenters. The van der Waals surface area contributed by atoms with E-state index >= 15 is 0 Å². The van der Waals surface area contributed by atoms with Crippen molar-refractivity contribution >= 4 is 68.2 Å². The number of nitrogens with zero attached hydrogens (tertiary/aromatic N) is 2. The highest BCUT2D eigenvalue weighted by Gasteiger charge is 2.51. The van der Waals surface area contributed by atoms with Crippen LogP contribution >= 0.6 is 7.14 Å². The highest BCUT2D eigenvalue weighted by molar-refractivity contribution is 7.78. The minimum absolute atomic E-state index is 0.00510. The Hall–Kier alpha value is -4.77. The average molecular weight is 1630 g/mol. The molecule has 21 heteroatoms. The van der Waals surface area contributed by atoms with E-state index in [0.29, 0.717) is 37.1 Å². The standard InChI is InChI=1S/C39H64F3NO3Si2.C33H51O3PSi2.C18H24F3NO2/c1-27(17-15-19-35(43-44-10)39(40,41)42)32-22-23-33-29(18-16-24-38(32,33)9)20-21-30-25-31(45-47(11,12)36(3,4)5)26-34(28(30)2)46-48(13,14)37(6,7)8;1-26-27(22-23-37(34,29-18-14-12-15-19-29)30-20-16-13-17-21-30)24-28(35-38(8,9)32(2,3)4)25-31(26)36-39(10,11)33(5,6)7;1-12(6-4-8-16(22-24-3)18(19,20)21)13-9-10-14-15(23)7-5-11-17(13,14)2/h15,19-22,27,31,33-34H,2,16-18,23-26H2,1,3-14H3;12-22,28,31H,1,23-25H2,2-11H3;4,8-9,12,14H,5-7,10-11H2,1-3H3/b19-15+,29-20+,30-21-,43-35+;27-22-;8-4+,22-16+/t27-,31-,33+,34+,38-;28-,31+;12-,14+,17-/m111/s1. The molecule has 6 aliphatic rings. The van der Waals surface area contributed by atoms with Crippen molar-refractivity contribution in [2.75, 3.05) is 20.4 Å². The number of alkyl halides is 6. The Bertz CT molecular complexity index is 3830. The fourth-order valence-corrected chi connectivity index (χ4v) is 23.6. The Morgan fingerprint density at radius 1 is 0.550 bits per heavy atom. The van der Waals surface area contributed by atoms with Gasteiger partial charge in [-0.15, -0.1) is 0 Å². The quantitative estimate of drug-likeness (QED) is 0.0270. The second-order valence-corrected chi connectivity index (χ2v) is 60.6. The van der Waals surface area contributed by atoms with E-state index < -0.39 is 64.2 Å². The third-order valence-electron chi connectivity index (χ3n) is 26.6. The van der Waals surface area contributed by atoms with E-state index in [1.54, 1.807) is 6.08 Å². The van der Waals surface area contributed by atoms with E-state index in [2.05, 4.69) is 220 Å². The van der Waals surface area contributed by atoms with Crippen LogP contribution in [0.2, 0.25) is 72.5 Å². The van der Waals surface area contributed by atoms with Crippen molar-refractivity contribution in [3.63, 3.8) is 0 Å². The van der Waals surface area contributed by atoms with Gasteiger partial charge in [-0.3, -0.25) is 4.79 Å². The topological polar surface area (TPSA) is 114 Å².